The molecule has 0 spiro atoms. The zero-order chi connectivity index (χ0) is 5.54. The largest absolute Gasteiger partial charge is 0.258 e. The average Bonchev–Trinajstić information content (AvgIpc) is 1.69. The highest BCUT2D eigenvalue weighted by molar-refractivity contribution is 8.11. The van der Waals surface area contributed by atoms with Gasteiger partial charge in [0, 0.05) is 6.20 Å². The molecular weight excluding hydrogens is 106 g/mol. The summed E-state index contributed by atoms with van der Waals surface area (Å²) in [5, 5.41) is 0. The van der Waals surface area contributed by atoms with Crippen LogP contribution in [0.4, 0.5) is 0 Å². The van der Waals surface area contributed by atoms with E-state index in [1.54, 1.807) is 23.5 Å². The molecule has 0 aliphatic heterocycles. The highest BCUT2D eigenvalue weighted by atomic mass is 32.2. The monoisotopic (exact) mass is 115 g/mol. The van der Waals surface area contributed by atoms with Crippen LogP contribution in [0.25, 0.3) is 0 Å². The van der Waals surface area contributed by atoms with Gasteiger partial charge in [-0.05, 0) is 13.2 Å². The van der Waals surface area contributed by atoms with Crippen LogP contribution < -0.4 is 0 Å². The Morgan fingerprint density at radius 2 is 2.29 bits per heavy atom. The van der Waals surface area contributed by atoms with Crippen molar-refractivity contribution in [2.24, 2.45) is 4.99 Å². The first-order valence-electron chi connectivity index (χ1n) is 2.07. The number of allylic oxidation sites excluding steroid dienone is 1. The second-order valence-corrected chi connectivity index (χ2v) is 1.65. The Hall–Kier alpha value is -0.240. The molecule has 0 aliphatic carbocycles. The summed E-state index contributed by atoms with van der Waals surface area (Å²) in [6.45, 7) is 1.94. The Labute approximate surface area is 48.5 Å². The molecule has 0 aromatic heterocycles. The van der Waals surface area contributed by atoms with Gasteiger partial charge < -0.3 is 0 Å². The van der Waals surface area contributed by atoms with Gasteiger partial charge in [-0.2, -0.15) is 0 Å². The lowest BCUT2D eigenvalue weighted by Gasteiger charge is -1.71. The van der Waals surface area contributed by atoms with Crippen molar-refractivity contribution < 1.29 is 0 Å². The predicted octanol–water partition coefficient (Wildman–Crippen LogP) is 1.91. The third-order valence-electron chi connectivity index (χ3n) is 0.401. The van der Waals surface area contributed by atoms with Gasteiger partial charge in [0.2, 0.25) is 0 Å². The molecule has 0 fully saturated rings. The minimum absolute atomic E-state index is 1.60. The fraction of sp³-hybridized carbons (Fsp3) is 0.400. The van der Waals surface area contributed by atoms with Gasteiger partial charge in [-0.3, -0.25) is 4.99 Å². The van der Waals surface area contributed by atoms with Crippen molar-refractivity contribution in [3.05, 3.63) is 12.3 Å². The molecule has 0 bridgehead atoms. The summed E-state index contributed by atoms with van der Waals surface area (Å²) in [7, 11) is 0. The van der Waals surface area contributed by atoms with Gasteiger partial charge in [0.05, 0.1) is 5.55 Å². The smallest absolute Gasteiger partial charge is 0.0593 e. The zero-order valence-electron chi connectivity index (χ0n) is 4.59. The summed E-state index contributed by atoms with van der Waals surface area (Å²) in [5.74, 6) is 0. The second-order valence-electron chi connectivity index (χ2n) is 0.973. The molecule has 2 heteroatoms. The summed E-state index contributed by atoms with van der Waals surface area (Å²) < 4.78 is 0. The van der Waals surface area contributed by atoms with Gasteiger partial charge in [0.25, 0.3) is 0 Å². The number of hydrogen-bond donors (Lipinski definition) is 0. The van der Waals surface area contributed by atoms with Gasteiger partial charge in [0.1, 0.15) is 0 Å². The Morgan fingerprint density at radius 3 is 2.71 bits per heavy atom. The van der Waals surface area contributed by atoms with E-state index >= 15 is 0 Å². The van der Waals surface area contributed by atoms with Crippen LogP contribution in [-0.4, -0.2) is 11.8 Å². The van der Waals surface area contributed by atoms with E-state index in [1.807, 2.05) is 19.3 Å². The van der Waals surface area contributed by atoms with Crippen LogP contribution in [0.15, 0.2) is 17.3 Å². The number of thioether (sulfide) groups is 1. The standard InChI is InChI=1S/C5H9NS/c1-3-4-6-5-7-2/h3-5H,1-2H3/b4-3-,6-5?. The number of rotatable bonds is 2. The van der Waals surface area contributed by atoms with Crippen molar-refractivity contribution in [1.82, 2.24) is 0 Å². The normalized spacial score (nSPS) is 11.7. The first kappa shape index (κ1) is 6.76. The highest BCUT2D eigenvalue weighted by Gasteiger charge is 1.57. The van der Waals surface area contributed by atoms with Gasteiger partial charge in [-0.25, -0.2) is 0 Å². The molecule has 0 saturated heterocycles. The van der Waals surface area contributed by atoms with Crippen LogP contribution in [0.3, 0.4) is 0 Å². The van der Waals surface area contributed by atoms with Crippen LogP contribution >= 0.6 is 11.8 Å². The van der Waals surface area contributed by atoms with Crippen LogP contribution in [0.5, 0.6) is 0 Å². The van der Waals surface area contributed by atoms with Crippen molar-refractivity contribution in [2.75, 3.05) is 6.26 Å². The minimum atomic E-state index is 1.60. The Bertz CT molecular complexity index is 76.1. The lowest BCUT2D eigenvalue weighted by molar-refractivity contribution is 1.56. The van der Waals surface area contributed by atoms with E-state index < -0.39 is 0 Å². The average molecular weight is 115 g/mol. The summed E-state index contributed by atoms with van der Waals surface area (Å²) >= 11 is 1.60. The molecule has 0 atom stereocenters. The fourth-order valence-electron chi connectivity index (χ4n) is 0.182. The van der Waals surface area contributed by atoms with Crippen molar-refractivity contribution in [2.45, 2.75) is 6.92 Å². The second kappa shape index (κ2) is 5.76. The molecule has 0 amide bonds. The third-order valence-corrected chi connectivity index (χ3v) is 0.734. The molecule has 0 aromatic rings. The van der Waals surface area contributed by atoms with Crippen molar-refractivity contribution in [3.63, 3.8) is 0 Å². The molecule has 0 saturated carbocycles. The van der Waals surface area contributed by atoms with Crippen molar-refractivity contribution in [3.8, 4) is 0 Å². The quantitative estimate of drug-likeness (QED) is 0.395. The van der Waals surface area contributed by atoms with Crippen molar-refractivity contribution >= 4 is 17.3 Å². The maximum absolute atomic E-state index is 3.87. The number of hydrogen-bond acceptors (Lipinski definition) is 2. The molecule has 1 nitrogen and oxygen atoms in total. The molecule has 0 N–H and O–H groups in total. The van der Waals surface area contributed by atoms with E-state index in [0.717, 1.165) is 0 Å². The van der Waals surface area contributed by atoms with E-state index in [4.69, 9.17) is 0 Å². The summed E-state index contributed by atoms with van der Waals surface area (Å²) in [4.78, 5) is 3.87. The van der Waals surface area contributed by atoms with Gasteiger partial charge >= 0.3 is 0 Å². The Morgan fingerprint density at radius 1 is 1.57 bits per heavy atom. The molecule has 0 aromatic carbocycles. The fourth-order valence-corrected chi connectivity index (χ4v) is 0.374. The summed E-state index contributed by atoms with van der Waals surface area (Å²) in [6.07, 6.45) is 5.64. The molecular formula is C5H9NS. The minimum Gasteiger partial charge on any atom is -0.258 e. The molecule has 40 valence electrons. The van der Waals surface area contributed by atoms with E-state index in [1.165, 1.54) is 0 Å². The van der Waals surface area contributed by atoms with Crippen LogP contribution in [0, 0.1) is 0 Å². The van der Waals surface area contributed by atoms with Crippen LogP contribution in [0.2, 0.25) is 0 Å². The lowest BCUT2D eigenvalue weighted by atomic mass is 10.7. The molecule has 0 unspecified atom stereocenters. The van der Waals surface area contributed by atoms with E-state index in [9.17, 15) is 0 Å². The Balaban J connectivity index is 3.09. The predicted molar refractivity (Wildman–Crippen MR) is 36.8 cm³/mol. The summed E-state index contributed by atoms with van der Waals surface area (Å²) in [6, 6.07) is 0. The highest BCUT2D eigenvalue weighted by Crippen LogP contribution is 1.82. The van der Waals surface area contributed by atoms with Gasteiger partial charge in [-0.15, -0.1) is 11.8 Å². The molecule has 0 rings (SSSR count). The van der Waals surface area contributed by atoms with Crippen molar-refractivity contribution in [1.29, 1.82) is 0 Å². The lowest BCUT2D eigenvalue weighted by Crippen LogP contribution is -1.53. The van der Waals surface area contributed by atoms with Crippen LogP contribution in [0.1, 0.15) is 6.92 Å². The van der Waals surface area contributed by atoms with E-state index in [2.05, 4.69) is 4.99 Å². The molecule has 0 heterocycles. The maximum Gasteiger partial charge on any atom is 0.0593 e. The summed E-state index contributed by atoms with van der Waals surface area (Å²) in [5.41, 5.74) is 1.79. The molecule has 0 radical (unpaired) electrons. The number of aliphatic imine (C=N–C) groups is 1. The van der Waals surface area contributed by atoms with E-state index in [0.29, 0.717) is 0 Å². The first-order valence-corrected chi connectivity index (χ1v) is 3.36. The molecule has 7 heavy (non-hydrogen) atoms. The first-order chi connectivity index (χ1) is 3.41. The zero-order valence-corrected chi connectivity index (χ0v) is 5.40. The van der Waals surface area contributed by atoms with Gasteiger partial charge in [0.15, 0.2) is 0 Å². The third kappa shape index (κ3) is 5.76. The molecule has 0 aliphatic rings. The number of nitrogens with zero attached hydrogens (tertiary/aromatic N) is 1. The van der Waals surface area contributed by atoms with Crippen LogP contribution in [-0.2, 0) is 0 Å². The Kier molecular flexibility index (Phi) is 5.56. The topological polar surface area (TPSA) is 12.4 Å². The van der Waals surface area contributed by atoms with E-state index in [-0.39, 0.29) is 0 Å². The SMILES string of the molecule is C/C=C\N=CSC. The van der Waals surface area contributed by atoms with Gasteiger partial charge in [-0.1, -0.05) is 6.08 Å². The maximum atomic E-state index is 3.87.